The van der Waals surface area contributed by atoms with E-state index in [-0.39, 0.29) is 12.8 Å². The summed E-state index contributed by atoms with van der Waals surface area (Å²) in [6.07, 6.45) is 5.86. The maximum absolute atomic E-state index is 12.1. The van der Waals surface area contributed by atoms with Gasteiger partial charge in [-0.2, -0.15) is 0 Å². The molecule has 0 radical (unpaired) electrons. The SMILES string of the molecule is FCCCCCN1CC[C@@H]2OCc3cnnn3[C@H]2C1. The molecule has 2 atom stereocenters. The molecule has 1 aromatic heterocycles. The topological polar surface area (TPSA) is 43.2 Å². The average Bonchev–Trinajstić information content (AvgIpc) is 2.92. The predicted octanol–water partition coefficient (Wildman–Crippen LogP) is 1.56. The summed E-state index contributed by atoms with van der Waals surface area (Å²) in [5.74, 6) is 0. The minimum atomic E-state index is -0.194. The van der Waals surface area contributed by atoms with Crippen molar-refractivity contribution in [2.24, 2.45) is 0 Å². The molecule has 106 valence electrons. The predicted molar refractivity (Wildman–Crippen MR) is 68.5 cm³/mol. The van der Waals surface area contributed by atoms with Gasteiger partial charge in [0.05, 0.1) is 37.3 Å². The molecule has 0 N–H and O–H groups in total. The lowest BCUT2D eigenvalue weighted by Gasteiger charge is -2.41. The van der Waals surface area contributed by atoms with E-state index in [4.69, 9.17) is 4.74 Å². The fourth-order valence-electron chi connectivity index (χ4n) is 3.05. The zero-order chi connectivity index (χ0) is 13.1. The number of rotatable bonds is 5. The molecule has 1 saturated heterocycles. The molecular weight excluding hydrogens is 247 g/mol. The van der Waals surface area contributed by atoms with Gasteiger partial charge >= 0.3 is 0 Å². The van der Waals surface area contributed by atoms with Gasteiger partial charge < -0.3 is 9.64 Å². The molecule has 0 unspecified atom stereocenters. The normalized spacial score (nSPS) is 27.0. The molecule has 0 amide bonds. The molecule has 0 aliphatic carbocycles. The van der Waals surface area contributed by atoms with Gasteiger partial charge in [-0.1, -0.05) is 5.21 Å². The Labute approximate surface area is 112 Å². The second-order valence-electron chi connectivity index (χ2n) is 5.43. The number of fused-ring (bicyclic) bond motifs is 3. The summed E-state index contributed by atoms with van der Waals surface area (Å²) in [4.78, 5) is 2.44. The molecule has 0 aromatic carbocycles. The highest BCUT2D eigenvalue weighted by Crippen LogP contribution is 2.29. The average molecular weight is 268 g/mol. The Hall–Kier alpha value is -1.01. The summed E-state index contributed by atoms with van der Waals surface area (Å²) in [6.45, 7) is 3.52. The Kier molecular flexibility index (Phi) is 4.08. The number of aromatic nitrogens is 3. The van der Waals surface area contributed by atoms with Gasteiger partial charge in [0.1, 0.15) is 0 Å². The Balaban J connectivity index is 1.57. The van der Waals surface area contributed by atoms with Crippen LogP contribution in [0.4, 0.5) is 4.39 Å². The number of hydrogen-bond donors (Lipinski definition) is 0. The number of hydrogen-bond acceptors (Lipinski definition) is 4. The quantitative estimate of drug-likeness (QED) is 0.760. The van der Waals surface area contributed by atoms with Crippen LogP contribution in [0.15, 0.2) is 6.20 Å². The zero-order valence-electron chi connectivity index (χ0n) is 11.2. The van der Waals surface area contributed by atoms with Gasteiger partial charge in [0.15, 0.2) is 0 Å². The highest BCUT2D eigenvalue weighted by atomic mass is 19.1. The Morgan fingerprint density at radius 1 is 1.37 bits per heavy atom. The van der Waals surface area contributed by atoms with Gasteiger partial charge in [-0.05, 0) is 32.2 Å². The van der Waals surface area contributed by atoms with E-state index in [0.717, 1.165) is 44.6 Å². The summed E-state index contributed by atoms with van der Waals surface area (Å²) in [7, 11) is 0. The summed E-state index contributed by atoms with van der Waals surface area (Å²) in [5, 5.41) is 8.17. The van der Waals surface area contributed by atoms with Crippen molar-refractivity contribution >= 4 is 0 Å². The maximum Gasteiger partial charge on any atom is 0.0929 e. The first-order valence-electron chi connectivity index (χ1n) is 7.17. The van der Waals surface area contributed by atoms with Crippen molar-refractivity contribution in [1.29, 1.82) is 0 Å². The number of nitrogens with zero attached hydrogens (tertiary/aromatic N) is 4. The van der Waals surface area contributed by atoms with E-state index in [1.165, 1.54) is 0 Å². The molecule has 0 bridgehead atoms. The molecule has 2 aliphatic rings. The molecule has 0 saturated carbocycles. The molecule has 1 fully saturated rings. The van der Waals surface area contributed by atoms with Gasteiger partial charge in [-0.3, -0.25) is 4.39 Å². The summed E-state index contributed by atoms with van der Waals surface area (Å²) in [5.41, 5.74) is 1.07. The van der Waals surface area contributed by atoms with E-state index < -0.39 is 0 Å². The molecular formula is C13H21FN4O. The lowest BCUT2D eigenvalue weighted by molar-refractivity contribution is -0.0657. The van der Waals surface area contributed by atoms with Gasteiger partial charge in [-0.25, -0.2) is 4.68 Å². The number of unbranched alkanes of at least 4 members (excludes halogenated alkanes) is 2. The van der Waals surface area contributed by atoms with Crippen LogP contribution in [0.25, 0.3) is 0 Å². The van der Waals surface area contributed by atoms with Crippen molar-refractivity contribution in [1.82, 2.24) is 19.9 Å². The number of piperidine rings is 1. The standard InChI is InChI=1S/C13H21FN4O/c14-5-2-1-3-6-17-7-4-13-12(9-17)18-11(10-19-13)8-15-16-18/h8,12-13H,1-7,9-10H2/t12-,13-/m0/s1. The van der Waals surface area contributed by atoms with Crippen LogP contribution in [0.2, 0.25) is 0 Å². The zero-order valence-corrected chi connectivity index (χ0v) is 11.2. The fourth-order valence-corrected chi connectivity index (χ4v) is 3.05. The summed E-state index contributed by atoms with van der Waals surface area (Å²) in [6, 6.07) is 0.293. The minimum absolute atomic E-state index is 0.194. The first-order chi connectivity index (χ1) is 9.38. The molecule has 2 aliphatic heterocycles. The molecule has 1 aromatic rings. The third-order valence-electron chi connectivity index (χ3n) is 4.12. The van der Waals surface area contributed by atoms with Crippen molar-refractivity contribution in [2.45, 2.75) is 44.4 Å². The minimum Gasteiger partial charge on any atom is -0.370 e. The van der Waals surface area contributed by atoms with Crippen LogP contribution in [-0.2, 0) is 11.3 Å². The van der Waals surface area contributed by atoms with Gasteiger partial charge in [0.25, 0.3) is 0 Å². The molecule has 0 spiro atoms. The van der Waals surface area contributed by atoms with E-state index in [1.54, 1.807) is 6.20 Å². The molecule has 3 heterocycles. The van der Waals surface area contributed by atoms with Crippen molar-refractivity contribution in [3.63, 3.8) is 0 Å². The van der Waals surface area contributed by atoms with E-state index in [9.17, 15) is 4.39 Å². The Morgan fingerprint density at radius 2 is 2.32 bits per heavy atom. The van der Waals surface area contributed by atoms with Crippen LogP contribution in [-0.4, -0.2) is 52.3 Å². The summed E-state index contributed by atoms with van der Waals surface area (Å²) >= 11 is 0. The van der Waals surface area contributed by atoms with Crippen molar-refractivity contribution < 1.29 is 9.13 Å². The first-order valence-corrected chi connectivity index (χ1v) is 7.17. The molecule has 5 nitrogen and oxygen atoms in total. The second-order valence-corrected chi connectivity index (χ2v) is 5.43. The van der Waals surface area contributed by atoms with E-state index in [0.29, 0.717) is 19.1 Å². The smallest absolute Gasteiger partial charge is 0.0929 e. The molecule has 19 heavy (non-hydrogen) atoms. The van der Waals surface area contributed by atoms with Crippen LogP contribution in [0.5, 0.6) is 0 Å². The number of halogens is 1. The highest BCUT2D eigenvalue weighted by molar-refractivity contribution is 5.01. The van der Waals surface area contributed by atoms with E-state index >= 15 is 0 Å². The van der Waals surface area contributed by atoms with E-state index in [1.807, 2.05) is 4.68 Å². The van der Waals surface area contributed by atoms with Crippen molar-refractivity contribution in [3.8, 4) is 0 Å². The number of ether oxygens (including phenoxy) is 1. The van der Waals surface area contributed by atoms with Gasteiger partial charge in [-0.15, -0.1) is 5.10 Å². The van der Waals surface area contributed by atoms with Crippen molar-refractivity contribution in [2.75, 3.05) is 26.3 Å². The van der Waals surface area contributed by atoms with Crippen LogP contribution >= 0.6 is 0 Å². The largest absolute Gasteiger partial charge is 0.370 e. The maximum atomic E-state index is 12.1. The third-order valence-corrected chi connectivity index (χ3v) is 4.12. The van der Waals surface area contributed by atoms with E-state index in [2.05, 4.69) is 15.2 Å². The van der Waals surface area contributed by atoms with Crippen LogP contribution in [0.1, 0.15) is 37.4 Å². The highest BCUT2D eigenvalue weighted by Gasteiger charge is 2.35. The van der Waals surface area contributed by atoms with Crippen LogP contribution in [0, 0.1) is 0 Å². The number of alkyl halides is 1. The molecule has 6 heteroatoms. The monoisotopic (exact) mass is 268 g/mol. The third kappa shape index (κ3) is 2.79. The Bertz CT molecular complexity index is 411. The van der Waals surface area contributed by atoms with Gasteiger partial charge in [0, 0.05) is 13.1 Å². The van der Waals surface area contributed by atoms with Gasteiger partial charge in [0.2, 0.25) is 0 Å². The lowest BCUT2D eigenvalue weighted by atomic mass is 10.00. The number of likely N-dealkylation sites (tertiary alicyclic amines) is 1. The van der Waals surface area contributed by atoms with Crippen molar-refractivity contribution in [3.05, 3.63) is 11.9 Å². The fraction of sp³-hybridized carbons (Fsp3) is 0.846. The Morgan fingerprint density at radius 3 is 3.21 bits per heavy atom. The summed E-state index contributed by atoms with van der Waals surface area (Å²) < 4.78 is 20.0. The lowest BCUT2D eigenvalue weighted by Crippen LogP contribution is -2.48. The molecule has 3 rings (SSSR count). The second kappa shape index (κ2) is 5.96. The van der Waals surface area contributed by atoms with Crippen LogP contribution < -0.4 is 0 Å². The first kappa shape index (κ1) is 13.0. The van der Waals surface area contributed by atoms with Crippen LogP contribution in [0.3, 0.4) is 0 Å².